The van der Waals surface area contributed by atoms with Crippen LogP contribution in [0.1, 0.15) is 31.7 Å². The standard InChI is InChI=1S/C18H25N3O2S/c1-2-3-14-24(22,23)21-17-11-12-18(20-15-17)19-13-7-10-16-8-5-4-6-9-16/h4-6,8-9,11-12,15,21H,2-3,7,10,13-14H2,1H3,(H,19,20). The number of aromatic nitrogens is 1. The van der Waals surface area contributed by atoms with Gasteiger partial charge in [0.1, 0.15) is 5.82 Å². The van der Waals surface area contributed by atoms with Gasteiger partial charge in [-0.25, -0.2) is 13.4 Å². The van der Waals surface area contributed by atoms with Gasteiger partial charge in [0.25, 0.3) is 0 Å². The van der Waals surface area contributed by atoms with E-state index in [1.807, 2.05) is 25.1 Å². The van der Waals surface area contributed by atoms with Crippen LogP contribution >= 0.6 is 0 Å². The fourth-order valence-corrected chi connectivity index (χ4v) is 3.53. The van der Waals surface area contributed by atoms with Crippen molar-refractivity contribution in [2.75, 3.05) is 22.3 Å². The van der Waals surface area contributed by atoms with Crippen molar-refractivity contribution in [1.29, 1.82) is 0 Å². The van der Waals surface area contributed by atoms with Gasteiger partial charge in [-0.15, -0.1) is 0 Å². The van der Waals surface area contributed by atoms with Crippen molar-refractivity contribution in [2.45, 2.75) is 32.6 Å². The lowest BCUT2D eigenvalue weighted by Crippen LogP contribution is -2.16. The van der Waals surface area contributed by atoms with Crippen molar-refractivity contribution in [2.24, 2.45) is 0 Å². The number of rotatable bonds is 10. The first kappa shape index (κ1) is 18.3. The normalized spacial score (nSPS) is 11.2. The molecular formula is C18H25N3O2S. The quantitative estimate of drug-likeness (QED) is 0.643. The Hall–Kier alpha value is -2.08. The van der Waals surface area contributed by atoms with Crippen LogP contribution in [0.2, 0.25) is 0 Å². The summed E-state index contributed by atoms with van der Waals surface area (Å²) in [5.74, 6) is 0.891. The molecule has 0 amide bonds. The number of anilines is 2. The Bertz CT molecular complexity index is 701. The molecule has 5 nitrogen and oxygen atoms in total. The average Bonchev–Trinajstić information content (AvgIpc) is 2.59. The van der Waals surface area contributed by atoms with Crippen molar-refractivity contribution >= 4 is 21.5 Å². The number of pyridine rings is 1. The molecule has 1 aromatic carbocycles. The van der Waals surface area contributed by atoms with E-state index in [1.54, 1.807) is 18.3 Å². The van der Waals surface area contributed by atoms with E-state index >= 15 is 0 Å². The van der Waals surface area contributed by atoms with E-state index in [2.05, 4.69) is 27.2 Å². The van der Waals surface area contributed by atoms with Crippen molar-refractivity contribution in [3.8, 4) is 0 Å². The zero-order valence-electron chi connectivity index (χ0n) is 14.0. The van der Waals surface area contributed by atoms with Crippen molar-refractivity contribution in [3.63, 3.8) is 0 Å². The molecule has 0 aliphatic rings. The molecule has 0 spiro atoms. The van der Waals surface area contributed by atoms with Gasteiger partial charge in [-0.05, 0) is 37.0 Å². The van der Waals surface area contributed by atoms with Gasteiger partial charge in [0.2, 0.25) is 10.0 Å². The number of sulfonamides is 1. The van der Waals surface area contributed by atoms with E-state index in [0.29, 0.717) is 12.1 Å². The van der Waals surface area contributed by atoms with E-state index in [4.69, 9.17) is 0 Å². The zero-order valence-corrected chi connectivity index (χ0v) is 14.8. The second-order valence-corrected chi connectivity index (χ2v) is 7.56. The maximum absolute atomic E-state index is 11.8. The summed E-state index contributed by atoms with van der Waals surface area (Å²) in [6, 6.07) is 13.9. The molecule has 2 N–H and O–H groups in total. The highest BCUT2D eigenvalue weighted by Gasteiger charge is 2.09. The molecule has 2 rings (SSSR count). The van der Waals surface area contributed by atoms with Crippen LogP contribution in [0.4, 0.5) is 11.5 Å². The maximum Gasteiger partial charge on any atom is 0.232 e. The first-order chi connectivity index (χ1) is 11.6. The summed E-state index contributed by atoms with van der Waals surface area (Å²) in [5, 5.41) is 3.25. The monoisotopic (exact) mass is 347 g/mol. The van der Waals surface area contributed by atoms with E-state index in [9.17, 15) is 8.42 Å². The maximum atomic E-state index is 11.8. The summed E-state index contributed by atoms with van der Waals surface area (Å²) >= 11 is 0. The molecule has 0 fully saturated rings. The third-order valence-corrected chi connectivity index (χ3v) is 4.97. The largest absolute Gasteiger partial charge is 0.370 e. The first-order valence-electron chi connectivity index (χ1n) is 8.33. The van der Waals surface area contributed by atoms with Crippen LogP contribution in [0.5, 0.6) is 0 Å². The number of aryl methyl sites for hydroxylation is 1. The van der Waals surface area contributed by atoms with Gasteiger partial charge < -0.3 is 5.32 Å². The molecule has 2 aromatic rings. The van der Waals surface area contributed by atoms with E-state index in [0.717, 1.165) is 31.6 Å². The molecule has 1 heterocycles. The molecule has 0 aliphatic heterocycles. The van der Waals surface area contributed by atoms with Crippen LogP contribution in [-0.4, -0.2) is 25.7 Å². The van der Waals surface area contributed by atoms with Gasteiger partial charge in [-0.2, -0.15) is 0 Å². The molecule has 0 unspecified atom stereocenters. The smallest absolute Gasteiger partial charge is 0.232 e. The lowest BCUT2D eigenvalue weighted by molar-refractivity contribution is 0.598. The van der Waals surface area contributed by atoms with Crippen molar-refractivity contribution in [3.05, 3.63) is 54.2 Å². The van der Waals surface area contributed by atoms with Crippen LogP contribution in [-0.2, 0) is 16.4 Å². The molecule has 1 aromatic heterocycles. The molecule has 24 heavy (non-hydrogen) atoms. The van der Waals surface area contributed by atoms with Gasteiger partial charge in [0.15, 0.2) is 0 Å². The molecule has 0 radical (unpaired) electrons. The molecule has 0 aliphatic carbocycles. The van der Waals surface area contributed by atoms with Gasteiger partial charge in [0, 0.05) is 6.54 Å². The minimum atomic E-state index is -3.27. The predicted octanol–water partition coefficient (Wildman–Crippen LogP) is 3.67. The number of nitrogens with one attached hydrogen (secondary N) is 2. The lowest BCUT2D eigenvalue weighted by Gasteiger charge is -2.09. The molecule has 6 heteroatoms. The molecule has 0 bridgehead atoms. The second kappa shape index (κ2) is 9.27. The first-order valence-corrected chi connectivity index (χ1v) is 9.98. The topological polar surface area (TPSA) is 71.1 Å². The van der Waals surface area contributed by atoms with Gasteiger partial charge in [-0.3, -0.25) is 4.72 Å². The highest BCUT2D eigenvalue weighted by Crippen LogP contribution is 2.12. The Morgan fingerprint density at radius 2 is 1.83 bits per heavy atom. The number of hydrogen-bond donors (Lipinski definition) is 2. The Kier molecular flexibility index (Phi) is 7.06. The highest BCUT2D eigenvalue weighted by molar-refractivity contribution is 7.92. The summed E-state index contributed by atoms with van der Waals surface area (Å²) < 4.78 is 26.2. The molecule has 0 saturated carbocycles. The molecule has 0 saturated heterocycles. The van der Waals surface area contributed by atoms with Crippen LogP contribution < -0.4 is 10.0 Å². The number of nitrogens with zero attached hydrogens (tertiary/aromatic N) is 1. The molecular weight excluding hydrogens is 322 g/mol. The van der Waals surface area contributed by atoms with E-state index < -0.39 is 10.0 Å². The van der Waals surface area contributed by atoms with Crippen LogP contribution in [0.3, 0.4) is 0 Å². The van der Waals surface area contributed by atoms with Crippen molar-refractivity contribution < 1.29 is 8.42 Å². The van der Waals surface area contributed by atoms with E-state index in [-0.39, 0.29) is 5.75 Å². The third-order valence-electron chi connectivity index (χ3n) is 3.59. The lowest BCUT2D eigenvalue weighted by atomic mass is 10.1. The van der Waals surface area contributed by atoms with Gasteiger partial charge in [-0.1, -0.05) is 43.7 Å². The summed E-state index contributed by atoms with van der Waals surface area (Å²) in [6.45, 7) is 2.79. The third kappa shape index (κ3) is 6.58. The summed E-state index contributed by atoms with van der Waals surface area (Å²) in [7, 11) is -3.27. The minimum Gasteiger partial charge on any atom is -0.370 e. The molecule has 0 atom stereocenters. The van der Waals surface area contributed by atoms with Crippen molar-refractivity contribution in [1.82, 2.24) is 4.98 Å². The number of benzene rings is 1. The Morgan fingerprint density at radius 3 is 2.50 bits per heavy atom. The average molecular weight is 347 g/mol. The van der Waals surface area contributed by atoms with Crippen LogP contribution in [0, 0.1) is 0 Å². The molecule has 130 valence electrons. The summed E-state index contributed by atoms with van der Waals surface area (Å²) in [4.78, 5) is 4.25. The van der Waals surface area contributed by atoms with Crippen LogP contribution in [0.25, 0.3) is 0 Å². The fraction of sp³-hybridized carbons (Fsp3) is 0.389. The SMILES string of the molecule is CCCCS(=O)(=O)Nc1ccc(NCCCc2ccccc2)nc1. The predicted molar refractivity (Wildman–Crippen MR) is 99.8 cm³/mol. The summed E-state index contributed by atoms with van der Waals surface area (Å²) in [5.41, 5.74) is 1.82. The van der Waals surface area contributed by atoms with Gasteiger partial charge in [0.05, 0.1) is 17.6 Å². The summed E-state index contributed by atoms with van der Waals surface area (Å²) in [6.07, 6.45) is 5.08. The number of hydrogen-bond acceptors (Lipinski definition) is 4. The number of unbranched alkanes of at least 4 members (excludes halogenated alkanes) is 1. The Labute approximate surface area is 144 Å². The highest BCUT2D eigenvalue weighted by atomic mass is 32.2. The van der Waals surface area contributed by atoms with E-state index in [1.165, 1.54) is 5.56 Å². The van der Waals surface area contributed by atoms with Crippen LogP contribution in [0.15, 0.2) is 48.7 Å². The second-order valence-electron chi connectivity index (χ2n) is 5.72. The fourth-order valence-electron chi connectivity index (χ4n) is 2.28. The Balaban J connectivity index is 1.75. The van der Waals surface area contributed by atoms with Gasteiger partial charge >= 0.3 is 0 Å². The Morgan fingerprint density at radius 1 is 1.04 bits per heavy atom. The minimum absolute atomic E-state index is 0.142. The zero-order chi connectivity index (χ0) is 17.3.